The van der Waals surface area contributed by atoms with Crippen LogP contribution < -0.4 is 4.90 Å². The molecule has 0 N–H and O–H groups in total. The molecule has 6 nitrogen and oxygen atoms in total. The van der Waals surface area contributed by atoms with Crippen molar-refractivity contribution in [3.63, 3.8) is 0 Å². The summed E-state index contributed by atoms with van der Waals surface area (Å²) in [5.74, 6) is 1.31. The number of carbonyl (C=O) groups is 1. The van der Waals surface area contributed by atoms with Gasteiger partial charge in [0.2, 0.25) is 15.9 Å². The van der Waals surface area contributed by atoms with Gasteiger partial charge < -0.3 is 9.32 Å². The molecule has 2 heterocycles. The van der Waals surface area contributed by atoms with E-state index in [0.717, 1.165) is 17.0 Å². The predicted octanol–water partition coefficient (Wildman–Crippen LogP) is 2.32. The minimum Gasteiger partial charge on any atom is -0.465 e. The SMILES string of the molecule is CC(=O)N1CCc2cc(S(=O)(=O)N(C)Cc3ccc(C)o3)ccc21. The van der Waals surface area contributed by atoms with E-state index in [2.05, 4.69) is 0 Å². The molecule has 3 rings (SSSR count). The second-order valence-electron chi connectivity index (χ2n) is 5.98. The van der Waals surface area contributed by atoms with Gasteiger partial charge in [0, 0.05) is 26.2 Å². The second kappa shape index (κ2) is 6.07. The van der Waals surface area contributed by atoms with Crippen molar-refractivity contribution in [1.29, 1.82) is 0 Å². The fourth-order valence-corrected chi connectivity index (χ4v) is 4.11. The van der Waals surface area contributed by atoms with E-state index >= 15 is 0 Å². The largest absolute Gasteiger partial charge is 0.465 e. The highest BCUT2D eigenvalue weighted by Gasteiger charge is 2.27. The number of benzene rings is 1. The summed E-state index contributed by atoms with van der Waals surface area (Å²) >= 11 is 0. The van der Waals surface area contributed by atoms with E-state index in [-0.39, 0.29) is 17.3 Å². The van der Waals surface area contributed by atoms with Crippen LogP contribution >= 0.6 is 0 Å². The van der Waals surface area contributed by atoms with Crippen molar-refractivity contribution < 1.29 is 17.6 Å². The van der Waals surface area contributed by atoms with Crippen molar-refractivity contribution >= 4 is 21.6 Å². The van der Waals surface area contributed by atoms with Crippen molar-refractivity contribution in [2.75, 3.05) is 18.5 Å². The van der Waals surface area contributed by atoms with E-state index in [1.165, 1.54) is 18.3 Å². The zero-order chi connectivity index (χ0) is 17.5. The topological polar surface area (TPSA) is 70.8 Å². The Bertz CT molecular complexity index is 886. The number of nitrogens with zero attached hydrogens (tertiary/aromatic N) is 2. The van der Waals surface area contributed by atoms with Crippen molar-refractivity contribution in [1.82, 2.24) is 4.31 Å². The van der Waals surface area contributed by atoms with E-state index < -0.39 is 10.0 Å². The molecule has 0 saturated carbocycles. The first-order valence-corrected chi connectivity index (χ1v) is 9.16. The van der Waals surface area contributed by atoms with Crippen molar-refractivity contribution in [2.24, 2.45) is 0 Å². The Labute approximate surface area is 141 Å². The molecule has 1 aromatic heterocycles. The molecule has 1 aliphatic rings. The van der Waals surface area contributed by atoms with Crippen LogP contribution in [0.2, 0.25) is 0 Å². The van der Waals surface area contributed by atoms with E-state index in [1.54, 1.807) is 29.2 Å². The molecule has 0 spiro atoms. The third-order valence-electron chi connectivity index (χ3n) is 4.21. The minimum atomic E-state index is -3.62. The molecule has 128 valence electrons. The standard InChI is InChI=1S/C17H20N2O4S/c1-12-4-5-15(23-12)11-18(3)24(21,22)16-6-7-17-14(10-16)8-9-19(17)13(2)20/h4-7,10H,8-9,11H2,1-3H3. The summed E-state index contributed by atoms with van der Waals surface area (Å²) in [6.45, 7) is 4.10. The first kappa shape index (κ1) is 16.7. The highest BCUT2D eigenvalue weighted by atomic mass is 32.2. The molecule has 1 aromatic carbocycles. The van der Waals surface area contributed by atoms with Gasteiger partial charge in [0.05, 0.1) is 11.4 Å². The number of sulfonamides is 1. The Balaban J connectivity index is 1.86. The maximum absolute atomic E-state index is 12.8. The van der Waals surface area contributed by atoms with Gasteiger partial charge in [0.25, 0.3) is 0 Å². The van der Waals surface area contributed by atoms with Crippen LogP contribution in [0.1, 0.15) is 24.0 Å². The summed E-state index contributed by atoms with van der Waals surface area (Å²) in [6, 6.07) is 8.51. The average molecular weight is 348 g/mol. The Hall–Kier alpha value is -2.12. The summed E-state index contributed by atoms with van der Waals surface area (Å²) in [5, 5.41) is 0. The summed E-state index contributed by atoms with van der Waals surface area (Å²) in [4.78, 5) is 13.5. The fraction of sp³-hybridized carbons (Fsp3) is 0.353. The molecule has 0 saturated heterocycles. The lowest BCUT2D eigenvalue weighted by Gasteiger charge is -2.18. The van der Waals surface area contributed by atoms with Crippen molar-refractivity contribution in [2.45, 2.75) is 31.7 Å². The third-order valence-corrected chi connectivity index (χ3v) is 6.01. The van der Waals surface area contributed by atoms with Crippen LogP contribution in [0.4, 0.5) is 5.69 Å². The molecule has 0 radical (unpaired) electrons. The molecular formula is C17H20N2O4S. The Kier molecular flexibility index (Phi) is 4.23. The molecule has 1 aliphatic heterocycles. The lowest BCUT2D eigenvalue weighted by molar-refractivity contribution is -0.116. The Morgan fingerprint density at radius 2 is 2.04 bits per heavy atom. The van der Waals surface area contributed by atoms with Gasteiger partial charge in [-0.3, -0.25) is 4.79 Å². The van der Waals surface area contributed by atoms with Crippen LogP contribution in [0.3, 0.4) is 0 Å². The number of anilines is 1. The van der Waals surface area contributed by atoms with Crippen LogP contribution in [-0.4, -0.2) is 32.2 Å². The first-order valence-electron chi connectivity index (χ1n) is 7.72. The number of rotatable bonds is 4. The first-order chi connectivity index (χ1) is 11.3. The smallest absolute Gasteiger partial charge is 0.243 e. The monoisotopic (exact) mass is 348 g/mol. The van der Waals surface area contributed by atoms with Gasteiger partial charge in [-0.15, -0.1) is 0 Å². The van der Waals surface area contributed by atoms with Gasteiger partial charge in [-0.1, -0.05) is 0 Å². The minimum absolute atomic E-state index is 0.0327. The molecule has 0 fully saturated rings. The van der Waals surface area contributed by atoms with E-state index in [1.807, 2.05) is 13.0 Å². The van der Waals surface area contributed by atoms with Gasteiger partial charge in [-0.25, -0.2) is 8.42 Å². The molecule has 0 atom stereocenters. The number of hydrogen-bond acceptors (Lipinski definition) is 4. The zero-order valence-corrected chi connectivity index (χ0v) is 14.8. The summed E-state index contributed by atoms with van der Waals surface area (Å²) in [7, 11) is -2.09. The number of furan rings is 1. The number of amides is 1. The maximum Gasteiger partial charge on any atom is 0.243 e. The molecule has 2 aromatic rings. The number of fused-ring (bicyclic) bond motifs is 1. The number of aryl methyl sites for hydroxylation is 1. The van der Waals surface area contributed by atoms with E-state index in [4.69, 9.17) is 4.42 Å². The molecule has 24 heavy (non-hydrogen) atoms. The molecular weight excluding hydrogens is 328 g/mol. The zero-order valence-electron chi connectivity index (χ0n) is 13.9. The molecule has 1 amide bonds. The van der Waals surface area contributed by atoms with Crippen LogP contribution in [-0.2, 0) is 27.8 Å². The van der Waals surface area contributed by atoms with Gasteiger partial charge >= 0.3 is 0 Å². The Morgan fingerprint density at radius 1 is 1.29 bits per heavy atom. The summed E-state index contributed by atoms with van der Waals surface area (Å²) < 4.78 is 32.2. The van der Waals surface area contributed by atoms with Gasteiger partial charge in [0.1, 0.15) is 11.5 Å². The van der Waals surface area contributed by atoms with Crippen LogP contribution in [0.5, 0.6) is 0 Å². The third kappa shape index (κ3) is 2.97. The fourth-order valence-electron chi connectivity index (χ4n) is 2.92. The van der Waals surface area contributed by atoms with Crippen molar-refractivity contribution in [3.8, 4) is 0 Å². The summed E-state index contributed by atoms with van der Waals surface area (Å²) in [5.41, 5.74) is 1.68. The maximum atomic E-state index is 12.8. The molecule has 0 aliphatic carbocycles. The lowest BCUT2D eigenvalue weighted by atomic mass is 10.2. The van der Waals surface area contributed by atoms with Crippen LogP contribution in [0.25, 0.3) is 0 Å². The van der Waals surface area contributed by atoms with Gasteiger partial charge in [-0.05, 0) is 49.2 Å². The number of carbonyl (C=O) groups excluding carboxylic acids is 1. The Morgan fingerprint density at radius 3 is 2.67 bits per heavy atom. The average Bonchev–Trinajstić information content (AvgIpc) is 3.12. The normalized spacial score (nSPS) is 14.2. The number of hydrogen-bond donors (Lipinski definition) is 0. The predicted molar refractivity (Wildman–Crippen MR) is 90.3 cm³/mol. The quantitative estimate of drug-likeness (QED) is 0.850. The van der Waals surface area contributed by atoms with E-state index in [0.29, 0.717) is 18.7 Å². The molecule has 0 unspecified atom stereocenters. The summed E-state index contributed by atoms with van der Waals surface area (Å²) in [6.07, 6.45) is 0.666. The van der Waals surface area contributed by atoms with Gasteiger partial charge in [-0.2, -0.15) is 4.31 Å². The van der Waals surface area contributed by atoms with E-state index in [9.17, 15) is 13.2 Å². The van der Waals surface area contributed by atoms with Gasteiger partial charge in [0.15, 0.2) is 0 Å². The van der Waals surface area contributed by atoms with Crippen molar-refractivity contribution in [3.05, 3.63) is 47.4 Å². The molecule has 0 bridgehead atoms. The van der Waals surface area contributed by atoms with Crippen LogP contribution in [0, 0.1) is 6.92 Å². The lowest BCUT2D eigenvalue weighted by Crippen LogP contribution is -2.27. The second-order valence-corrected chi connectivity index (χ2v) is 8.03. The van der Waals surface area contributed by atoms with Crippen LogP contribution in [0.15, 0.2) is 39.6 Å². The highest BCUT2D eigenvalue weighted by Crippen LogP contribution is 2.31. The molecule has 7 heteroatoms. The highest BCUT2D eigenvalue weighted by molar-refractivity contribution is 7.89.